The van der Waals surface area contributed by atoms with E-state index in [9.17, 15) is 14.7 Å². The van der Waals surface area contributed by atoms with Crippen LogP contribution >= 0.6 is 0 Å². The second kappa shape index (κ2) is 5.13. The number of hydrogen-bond acceptors (Lipinski definition) is 4. The molecule has 1 unspecified atom stereocenters. The maximum Gasteiger partial charge on any atom is 0.411 e. The highest BCUT2D eigenvalue weighted by molar-refractivity contribution is 5.82. The fraction of sp³-hybridized carbons (Fsp3) is 0.417. The van der Waals surface area contributed by atoms with Crippen molar-refractivity contribution >= 4 is 12.1 Å². The molecule has 1 atom stereocenters. The Labute approximate surface area is 110 Å². The van der Waals surface area contributed by atoms with Crippen LogP contribution in [-0.4, -0.2) is 44.8 Å². The number of nitrogens with zero attached hydrogens (tertiary/aromatic N) is 3. The van der Waals surface area contributed by atoms with Crippen LogP contribution in [0, 0.1) is 0 Å². The Morgan fingerprint density at radius 2 is 2.42 bits per heavy atom. The highest BCUT2D eigenvalue weighted by Gasteiger charge is 2.39. The summed E-state index contributed by atoms with van der Waals surface area (Å²) in [6, 6.07) is -1.10. The third-order valence-electron chi connectivity index (χ3n) is 3.04. The molecule has 2 heterocycles. The number of aryl methyl sites for hydroxylation is 1. The first-order chi connectivity index (χ1) is 9.06. The van der Waals surface area contributed by atoms with E-state index in [4.69, 9.17) is 4.74 Å². The monoisotopic (exact) mass is 265 g/mol. The quantitative estimate of drug-likeness (QED) is 0.814. The van der Waals surface area contributed by atoms with Gasteiger partial charge in [0.25, 0.3) is 0 Å². The third kappa shape index (κ3) is 2.31. The summed E-state index contributed by atoms with van der Waals surface area (Å²) in [5.41, 5.74) is 1.23. The number of rotatable bonds is 3. The maximum absolute atomic E-state index is 11.8. The molecule has 0 fully saturated rings. The van der Waals surface area contributed by atoms with Gasteiger partial charge in [-0.05, 0) is 0 Å². The molecule has 2 rings (SSSR count). The summed E-state index contributed by atoms with van der Waals surface area (Å²) in [4.78, 5) is 28.5. The maximum atomic E-state index is 11.8. The fourth-order valence-electron chi connectivity index (χ4n) is 2.17. The normalized spacial score (nSPS) is 17.7. The average Bonchev–Trinajstić information content (AvgIpc) is 2.76. The number of amides is 1. The molecule has 0 saturated heterocycles. The van der Waals surface area contributed by atoms with Crippen molar-refractivity contribution in [3.63, 3.8) is 0 Å². The van der Waals surface area contributed by atoms with Crippen LogP contribution in [0.4, 0.5) is 4.79 Å². The minimum absolute atomic E-state index is 0.0523. The number of aromatic nitrogens is 2. The van der Waals surface area contributed by atoms with Crippen LogP contribution in [0.2, 0.25) is 0 Å². The number of carbonyl (C=O) groups excluding carboxylic acids is 1. The highest BCUT2D eigenvalue weighted by atomic mass is 16.6. The predicted molar refractivity (Wildman–Crippen MR) is 65.5 cm³/mol. The van der Waals surface area contributed by atoms with Crippen molar-refractivity contribution in [2.24, 2.45) is 7.05 Å². The topological polar surface area (TPSA) is 84.7 Å². The second-order valence-corrected chi connectivity index (χ2v) is 4.24. The fourth-order valence-corrected chi connectivity index (χ4v) is 2.17. The van der Waals surface area contributed by atoms with Gasteiger partial charge in [0.15, 0.2) is 6.04 Å². The van der Waals surface area contributed by atoms with Gasteiger partial charge >= 0.3 is 12.1 Å². The molecular weight excluding hydrogens is 250 g/mol. The summed E-state index contributed by atoms with van der Waals surface area (Å²) in [5.74, 6) is -1.12. The Kier molecular flexibility index (Phi) is 3.55. The van der Waals surface area contributed by atoms with Gasteiger partial charge in [0.2, 0.25) is 0 Å². The van der Waals surface area contributed by atoms with Crippen molar-refractivity contribution in [1.82, 2.24) is 14.5 Å². The zero-order chi connectivity index (χ0) is 14.0. The molecule has 19 heavy (non-hydrogen) atoms. The number of carboxylic acids is 1. The number of imidazole rings is 1. The van der Waals surface area contributed by atoms with Crippen molar-refractivity contribution < 1.29 is 19.4 Å². The highest BCUT2D eigenvalue weighted by Crippen LogP contribution is 2.29. The van der Waals surface area contributed by atoms with E-state index in [0.29, 0.717) is 18.7 Å². The lowest BCUT2D eigenvalue weighted by atomic mass is 10.0. The molecule has 0 aromatic carbocycles. The number of aliphatic carboxylic acids is 1. The lowest BCUT2D eigenvalue weighted by Gasteiger charge is -2.31. The van der Waals surface area contributed by atoms with Gasteiger partial charge < -0.3 is 14.4 Å². The van der Waals surface area contributed by atoms with Gasteiger partial charge in [0.05, 0.1) is 12.0 Å². The number of carbonyl (C=O) groups is 2. The molecule has 7 heteroatoms. The lowest BCUT2D eigenvalue weighted by molar-refractivity contribution is -0.143. The van der Waals surface area contributed by atoms with Crippen molar-refractivity contribution in [2.45, 2.75) is 12.5 Å². The standard InChI is InChI=1S/C12H15N3O4/c1-3-6-19-12(18)15-5-4-8-9(10(15)11(16)17)13-7-14(8)2/h3,7,10H,1,4-6H2,2H3,(H,16,17). The summed E-state index contributed by atoms with van der Waals surface area (Å²) in [6.07, 6.45) is 2.88. The Morgan fingerprint density at radius 3 is 3.05 bits per heavy atom. The van der Waals surface area contributed by atoms with E-state index in [1.165, 1.54) is 11.0 Å². The van der Waals surface area contributed by atoms with Crippen LogP contribution in [0.5, 0.6) is 0 Å². The van der Waals surface area contributed by atoms with Crippen LogP contribution < -0.4 is 0 Å². The van der Waals surface area contributed by atoms with E-state index in [0.717, 1.165) is 5.69 Å². The molecule has 1 aliphatic rings. The van der Waals surface area contributed by atoms with Gasteiger partial charge in [-0.3, -0.25) is 4.90 Å². The first-order valence-electron chi connectivity index (χ1n) is 5.83. The zero-order valence-corrected chi connectivity index (χ0v) is 10.6. The Balaban J connectivity index is 2.29. The molecule has 1 N–H and O–H groups in total. The van der Waals surface area contributed by atoms with Crippen molar-refractivity contribution in [1.29, 1.82) is 0 Å². The molecule has 1 amide bonds. The minimum atomic E-state index is -1.12. The summed E-state index contributed by atoms with van der Waals surface area (Å²) in [7, 11) is 1.80. The van der Waals surface area contributed by atoms with E-state index in [2.05, 4.69) is 11.6 Å². The summed E-state index contributed by atoms with van der Waals surface area (Å²) < 4.78 is 6.68. The Bertz CT molecular complexity index is 523. The first kappa shape index (κ1) is 13.1. The van der Waals surface area contributed by atoms with Gasteiger partial charge in [-0.15, -0.1) is 0 Å². The predicted octanol–water partition coefficient (Wildman–Crippen LogP) is 0.727. The molecule has 0 bridgehead atoms. The summed E-state index contributed by atoms with van der Waals surface area (Å²) in [5, 5.41) is 9.32. The molecule has 7 nitrogen and oxygen atoms in total. The number of carboxylic acid groups (broad SMARTS) is 1. The summed E-state index contributed by atoms with van der Waals surface area (Å²) >= 11 is 0. The lowest BCUT2D eigenvalue weighted by Crippen LogP contribution is -2.44. The van der Waals surface area contributed by atoms with Crippen LogP contribution in [-0.2, 0) is 23.0 Å². The van der Waals surface area contributed by atoms with E-state index >= 15 is 0 Å². The third-order valence-corrected chi connectivity index (χ3v) is 3.04. The van der Waals surface area contributed by atoms with Gasteiger partial charge in [-0.2, -0.15) is 0 Å². The molecule has 0 saturated carbocycles. The van der Waals surface area contributed by atoms with E-state index < -0.39 is 18.1 Å². The first-order valence-corrected chi connectivity index (χ1v) is 5.83. The van der Waals surface area contributed by atoms with Crippen molar-refractivity contribution in [2.75, 3.05) is 13.2 Å². The van der Waals surface area contributed by atoms with E-state index in [-0.39, 0.29) is 6.61 Å². The number of ether oxygens (including phenoxy) is 1. The van der Waals surface area contributed by atoms with E-state index in [1.54, 1.807) is 17.9 Å². The zero-order valence-electron chi connectivity index (χ0n) is 10.6. The van der Waals surface area contributed by atoms with Crippen LogP contribution in [0.1, 0.15) is 17.4 Å². The van der Waals surface area contributed by atoms with Crippen molar-refractivity contribution in [3.8, 4) is 0 Å². The van der Waals surface area contributed by atoms with Gasteiger partial charge in [0.1, 0.15) is 6.61 Å². The molecule has 102 valence electrons. The molecule has 0 spiro atoms. The van der Waals surface area contributed by atoms with Gasteiger partial charge in [-0.25, -0.2) is 14.6 Å². The van der Waals surface area contributed by atoms with Gasteiger partial charge in [0, 0.05) is 25.7 Å². The summed E-state index contributed by atoms with van der Waals surface area (Å²) in [6.45, 7) is 3.79. The number of hydrogen-bond donors (Lipinski definition) is 1. The molecule has 1 aromatic rings. The SMILES string of the molecule is C=CCOC(=O)N1CCc2c(ncn2C)C1C(=O)O. The molecule has 0 radical (unpaired) electrons. The largest absolute Gasteiger partial charge is 0.479 e. The Hall–Kier alpha value is -2.31. The molecule has 0 aliphatic carbocycles. The number of fused-ring (bicyclic) bond motifs is 1. The smallest absolute Gasteiger partial charge is 0.411 e. The molecular formula is C12H15N3O4. The molecule has 1 aromatic heterocycles. The average molecular weight is 265 g/mol. The van der Waals surface area contributed by atoms with Crippen LogP contribution in [0.25, 0.3) is 0 Å². The van der Waals surface area contributed by atoms with Crippen LogP contribution in [0.15, 0.2) is 19.0 Å². The van der Waals surface area contributed by atoms with Crippen LogP contribution in [0.3, 0.4) is 0 Å². The van der Waals surface area contributed by atoms with E-state index in [1.807, 2.05) is 0 Å². The van der Waals surface area contributed by atoms with Gasteiger partial charge in [-0.1, -0.05) is 12.7 Å². The molecule has 1 aliphatic heterocycles. The second-order valence-electron chi connectivity index (χ2n) is 4.24. The minimum Gasteiger partial charge on any atom is -0.479 e. The van der Waals surface area contributed by atoms with Crippen molar-refractivity contribution in [3.05, 3.63) is 30.4 Å². The Morgan fingerprint density at radius 1 is 1.68 bits per heavy atom.